The van der Waals surface area contributed by atoms with Gasteiger partial charge in [0.1, 0.15) is 0 Å². The third kappa shape index (κ3) is 2.60. The number of benzene rings is 2. The SMILES string of the molecule is CC(NC(=O)c1cccc2c3c([nH]c12)CCCC3)c1ccccc1. The normalized spacial score (nSPS) is 15.0. The molecule has 1 amide bonds. The number of nitrogens with one attached hydrogen (secondary N) is 2. The van der Waals surface area contributed by atoms with Crippen LogP contribution in [0.4, 0.5) is 0 Å². The van der Waals surface area contributed by atoms with Crippen LogP contribution in [0.25, 0.3) is 10.9 Å². The molecule has 0 bridgehead atoms. The molecule has 1 unspecified atom stereocenters. The molecule has 1 atom stereocenters. The van der Waals surface area contributed by atoms with Gasteiger partial charge in [0.25, 0.3) is 5.91 Å². The summed E-state index contributed by atoms with van der Waals surface area (Å²) in [6.07, 6.45) is 4.67. The number of aromatic nitrogens is 1. The molecule has 3 aromatic rings. The second-order valence-electron chi connectivity index (χ2n) is 6.62. The highest BCUT2D eigenvalue weighted by molar-refractivity contribution is 6.07. The van der Waals surface area contributed by atoms with E-state index in [0.29, 0.717) is 0 Å². The minimum absolute atomic E-state index is 0.0152. The molecule has 24 heavy (non-hydrogen) atoms. The fourth-order valence-electron chi connectivity index (χ4n) is 3.72. The smallest absolute Gasteiger partial charge is 0.253 e. The van der Waals surface area contributed by atoms with Crippen molar-refractivity contribution >= 4 is 16.8 Å². The van der Waals surface area contributed by atoms with E-state index in [1.165, 1.54) is 29.5 Å². The van der Waals surface area contributed by atoms with Gasteiger partial charge in [-0.15, -0.1) is 0 Å². The van der Waals surface area contributed by atoms with Gasteiger partial charge >= 0.3 is 0 Å². The third-order valence-electron chi connectivity index (χ3n) is 5.03. The Morgan fingerprint density at radius 1 is 1.04 bits per heavy atom. The first kappa shape index (κ1) is 15.0. The molecule has 2 aromatic carbocycles. The van der Waals surface area contributed by atoms with E-state index in [9.17, 15) is 4.79 Å². The Morgan fingerprint density at radius 2 is 1.83 bits per heavy atom. The van der Waals surface area contributed by atoms with Crippen molar-refractivity contribution in [1.29, 1.82) is 0 Å². The molecule has 0 saturated heterocycles. The summed E-state index contributed by atoms with van der Waals surface area (Å²) in [5.41, 5.74) is 5.56. The monoisotopic (exact) mass is 318 g/mol. The number of carbonyl (C=O) groups is 1. The van der Waals surface area contributed by atoms with Crippen molar-refractivity contribution in [3.63, 3.8) is 0 Å². The van der Waals surface area contributed by atoms with E-state index in [0.717, 1.165) is 29.5 Å². The van der Waals surface area contributed by atoms with Crippen LogP contribution in [0.1, 0.15) is 53.0 Å². The molecule has 1 aliphatic rings. The van der Waals surface area contributed by atoms with Crippen LogP contribution in [0.15, 0.2) is 48.5 Å². The number of carbonyl (C=O) groups excluding carboxylic acids is 1. The predicted octanol–water partition coefficient (Wildman–Crippen LogP) is 4.54. The summed E-state index contributed by atoms with van der Waals surface area (Å²) in [6.45, 7) is 2.02. The molecule has 0 radical (unpaired) electrons. The lowest BCUT2D eigenvalue weighted by Gasteiger charge is -2.14. The summed E-state index contributed by atoms with van der Waals surface area (Å²) in [5, 5.41) is 4.34. The van der Waals surface area contributed by atoms with Crippen LogP contribution < -0.4 is 5.32 Å². The quantitative estimate of drug-likeness (QED) is 0.732. The lowest BCUT2D eigenvalue weighted by Crippen LogP contribution is -2.26. The number of hydrogen-bond donors (Lipinski definition) is 2. The van der Waals surface area contributed by atoms with Gasteiger partial charge < -0.3 is 10.3 Å². The van der Waals surface area contributed by atoms with Crippen molar-refractivity contribution in [3.05, 3.63) is 70.9 Å². The summed E-state index contributed by atoms with van der Waals surface area (Å²) in [5.74, 6) is -0.0180. The molecule has 0 fully saturated rings. The van der Waals surface area contributed by atoms with E-state index >= 15 is 0 Å². The Labute approximate surface area is 142 Å². The van der Waals surface area contributed by atoms with Gasteiger partial charge in [0.05, 0.1) is 17.1 Å². The van der Waals surface area contributed by atoms with Crippen molar-refractivity contribution in [1.82, 2.24) is 10.3 Å². The maximum Gasteiger partial charge on any atom is 0.253 e. The number of aromatic amines is 1. The Balaban J connectivity index is 1.66. The Kier molecular flexibility index (Phi) is 3.85. The summed E-state index contributed by atoms with van der Waals surface area (Å²) >= 11 is 0. The highest BCUT2D eigenvalue weighted by atomic mass is 16.1. The summed E-state index contributed by atoms with van der Waals surface area (Å²) < 4.78 is 0. The molecule has 0 spiro atoms. The molecule has 3 nitrogen and oxygen atoms in total. The number of para-hydroxylation sites is 1. The highest BCUT2D eigenvalue weighted by Crippen LogP contribution is 2.31. The first-order chi connectivity index (χ1) is 11.7. The largest absolute Gasteiger partial charge is 0.358 e. The lowest BCUT2D eigenvalue weighted by atomic mass is 9.95. The van der Waals surface area contributed by atoms with Gasteiger partial charge in [-0.05, 0) is 49.8 Å². The number of H-pyrrole nitrogens is 1. The molecule has 0 saturated carbocycles. The number of fused-ring (bicyclic) bond motifs is 3. The Bertz CT molecular complexity index is 879. The van der Waals surface area contributed by atoms with E-state index < -0.39 is 0 Å². The van der Waals surface area contributed by atoms with E-state index in [-0.39, 0.29) is 11.9 Å². The van der Waals surface area contributed by atoms with Crippen LogP contribution in [0.5, 0.6) is 0 Å². The number of amides is 1. The average Bonchev–Trinajstić information content (AvgIpc) is 3.01. The lowest BCUT2D eigenvalue weighted by molar-refractivity contribution is 0.0941. The van der Waals surface area contributed by atoms with Crippen LogP contribution >= 0.6 is 0 Å². The summed E-state index contributed by atoms with van der Waals surface area (Å²) in [7, 11) is 0. The predicted molar refractivity (Wildman–Crippen MR) is 97.3 cm³/mol. The van der Waals surface area contributed by atoms with E-state index in [4.69, 9.17) is 0 Å². The van der Waals surface area contributed by atoms with E-state index in [1.807, 2.05) is 49.4 Å². The van der Waals surface area contributed by atoms with Gasteiger partial charge in [-0.25, -0.2) is 0 Å². The zero-order valence-electron chi connectivity index (χ0n) is 13.9. The molecule has 4 rings (SSSR count). The summed E-state index contributed by atoms with van der Waals surface area (Å²) in [6, 6.07) is 16.1. The van der Waals surface area contributed by atoms with Crippen molar-refractivity contribution in [2.45, 2.75) is 38.6 Å². The highest BCUT2D eigenvalue weighted by Gasteiger charge is 2.20. The second-order valence-corrected chi connectivity index (χ2v) is 6.62. The van der Waals surface area contributed by atoms with Gasteiger partial charge in [-0.1, -0.05) is 42.5 Å². The molecule has 0 aliphatic heterocycles. The van der Waals surface area contributed by atoms with Crippen molar-refractivity contribution in [3.8, 4) is 0 Å². The van der Waals surface area contributed by atoms with Crippen molar-refractivity contribution < 1.29 is 4.79 Å². The van der Waals surface area contributed by atoms with E-state index in [2.05, 4.69) is 16.4 Å². The molecular formula is C21H22N2O. The summed E-state index contributed by atoms with van der Waals surface area (Å²) in [4.78, 5) is 16.3. The van der Waals surface area contributed by atoms with Gasteiger partial charge in [-0.2, -0.15) is 0 Å². The Morgan fingerprint density at radius 3 is 2.67 bits per heavy atom. The van der Waals surface area contributed by atoms with Crippen molar-refractivity contribution in [2.24, 2.45) is 0 Å². The minimum Gasteiger partial charge on any atom is -0.358 e. The van der Waals surface area contributed by atoms with Gasteiger partial charge in [0.2, 0.25) is 0 Å². The molecule has 122 valence electrons. The zero-order valence-corrected chi connectivity index (χ0v) is 13.9. The van der Waals surface area contributed by atoms with E-state index in [1.54, 1.807) is 0 Å². The van der Waals surface area contributed by atoms with Crippen LogP contribution in [-0.2, 0) is 12.8 Å². The molecular weight excluding hydrogens is 296 g/mol. The van der Waals surface area contributed by atoms with Crippen LogP contribution in [0, 0.1) is 0 Å². The molecule has 1 heterocycles. The minimum atomic E-state index is -0.0180. The van der Waals surface area contributed by atoms with Crippen LogP contribution in [-0.4, -0.2) is 10.9 Å². The zero-order chi connectivity index (χ0) is 16.5. The molecule has 3 heteroatoms. The second kappa shape index (κ2) is 6.16. The van der Waals surface area contributed by atoms with Crippen LogP contribution in [0.2, 0.25) is 0 Å². The van der Waals surface area contributed by atoms with Gasteiger partial charge in [0.15, 0.2) is 0 Å². The van der Waals surface area contributed by atoms with Crippen LogP contribution in [0.3, 0.4) is 0 Å². The topological polar surface area (TPSA) is 44.9 Å². The number of hydrogen-bond acceptors (Lipinski definition) is 1. The maximum absolute atomic E-state index is 12.8. The standard InChI is InChI=1S/C21H22N2O/c1-14(15-8-3-2-4-9-15)22-21(24)18-12-7-11-17-16-10-5-6-13-19(16)23-20(17)18/h2-4,7-9,11-12,14,23H,5-6,10,13H2,1H3,(H,22,24). The molecule has 2 N–H and O–H groups in total. The fourth-order valence-corrected chi connectivity index (χ4v) is 3.72. The maximum atomic E-state index is 12.8. The molecule has 1 aliphatic carbocycles. The van der Waals surface area contributed by atoms with Crippen molar-refractivity contribution in [2.75, 3.05) is 0 Å². The Hall–Kier alpha value is -2.55. The molecule has 1 aromatic heterocycles. The fraction of sp³-hybridized carbons (Fsp3) is 0.286. The number of rotatable bonds is 3. The first-order valence-corrected chi connectivity index (χ1v) is 8.72. The first-order valence-electron chi connectivity index (χ1n) is 8.72. The van der Waals surface area contributed by atoms with Gasteiger partial charge in [0, 0.05) is 11.1 Å². The third-order valence-corrected chi connectivity index (χ3v) is 5.03. The number of aryl methyl sites for hydroxylation is 2. The average molecular weight is 318 g/mol. The van der Waals surface area contributed by atoms with Gasteiger partial charge in [-0.3, -0.25) is 4.79 Å².